The van der Waals surface area contributed by atoms with Crippen molar-refractivity contribution in [2.75, 3.05) is 0 Å². The Morgan fingerprint density at radius 3 is 2.93 bits per heavy atom. The van der Waals surface area contributed by atoms with E-state index in [1.54, 1.807) is 11.6 Å². The van der Waals surface area contributed by atoms with Gasteiger partial charge in [0.05, 0.1) is 12.5 Å². The fourth-order valence-corrected chi connectivity index (χ4v) is 1.27. The number of rotatable bonds is 2. The summed E-state index contributed by atoms with van der Waals surface area (Å²) in [5.41, 5.74) is 0.687. The van der Waals surface area contributed by atoms with E-state index >= 15 is 0 Å². The topological polar surface area (TPSA) is 47.8 Å². The molecule has 2 rings (SSSR count). The van der Waals surface area contributed by atoms with Gasteiger partial charge >= 0.3 is 0 Å². The molecule has 2 heterocycles. The number of halogens is 1. The standard InChI is InChI=1S/C10H8FN3O/c1-14-6-12-5-8(14)10(15)7-2-3-13-9(11)4-7/h2-6H,1H3. The van der Waals surface area contributed by atoms with Crippen LogP contribution in [-0.4, -0.2) is 20.3 Å². The summed E-state index contributed by atoms with van der Waals surface area (Å²) in [5, 5.41) is 0. The van der Waals surface area contributed by atoms with Gasteiger partial charge in [0.2, 0.25) is 11.7 Å². The number of aromatic nitrogens is 3. The SMILES string of the molecule is Cn1cncc1C(=O)c1ccnc(F)c1. The molecule has 0 amide bonds. The molecule has 0 fully saturated rings. The lowest BCUT2D eigenvalue weighted by Crippen LogP contribution is -2.07. The molecule has 0 N–H and O–H groups in total. The van der Waals surface area contributed by atoms with Gasteiger partial charge in [0.25, 0.3) is 0 Å². The van der Waals surface area contributed by atoms with E-state index in [2.05, 4.69) is 9.97 Å². The fourth-order valence-electron chi connectivity index (χ4n) is 1.27. The zero-order valence-electron chi connectivity index (χ0n) is 8.01. The molecule has 4 nitrogen and oxygen atoms in total. The first kappa shape index (κ1) is 9.51. The van der Waals surface area contributed by atoms with E-state index < -0.39 is 5.95 Å². The highest BCUT2D eigenvalue weighted by Gasteiger charge is 2.13. The zero-order chi connectivity index (χ0) is 10.8. The molecule has 2 aromatic rings. The molecule has 15 heavy (non-hydrogen) atoms. The number of nitrogens with zero attached hydrogens (tertiary/aromatic N) is 3. The minimum Gasteiger partial charge on any atom is -0.331 e. The monoisotopic (exact) mass is 205 g/mol. The second-order valence-electron chi connectivity index (χ2n) is 3.09. The van der Waals surface area contributed by atoms with E-state index in [0.717, 1.165) is 6.07 Å². The highest BCUT2D eigenvalue weighted by molar-refractivity contribution is 6.07. The lowest BCUT2D eigenvalue weighted by Gasteiger charge is -2.00. The quantitative estimate of drug-likeness (QED) is 0.546. The van der Waals surface area contributed by atoms with Crippen LogP contribution in [0.1, 0.15) is 16.1 Å². The zero-order valence-corrected chi connectivity index (χ0v) is 8.01. The number of aryl methyl sites for hydroxylation is 1. The molecule has 0 bridgehead atoms. The number of ketones is 1. The Balaban J connectivity index is 2.41. The van der Waals surface area contributed by atoms with Gasteiger partial charge in [0.15, 0.2) is 0 Å². The second kappa shape index (κ2) is 3.61. The lowest BCUT2D eigenvalue weighted by molar-refractivity contribution is 0.103. The third kappa shape index (κ3) is 1.76. The Morgan fingerprint density at radius 1 is 1.53 bits per heavy atom. The summed E-state index contributed by atoms with van der Waals surface area (Å²) in [7, 11) is 1.71. The predicted octanol–water partition coefficient (Wildman–Crippen LogP) is 1.19. The molecular weight excluding hydrogens is 197 g/mol. The van der Waals surface area contributed by atoms with Crippen LogP contribution in [-0.2, 0) is 7.05 Å². The van der Waals surface area contributed by atoms with Crippen molar-refractivity contribution in [1.29, 1.82) is 0 Å². The minimum absolute atomic E-state index is 0.267. The van der Waals surface area contributed by atoms with Gasteiger partial charge < -0.3 is 4.57 Å². The highest BCUT2D eigenvalue weighted by Crippen LogP contribution is 2.08. The first-order chi connectivity index (χ1) is 7.18. The minimum atomic E-state index is -0.664. The molecule has 0 aliphatic rings. The van der Waals surface area contributed by atoms with Gasteiger partial charge in [-0.1, -0.05) is 0 Å². The molecular formula is C10H8FN3O. The maximum absolute atomic E-state index is 12.8. The lowest BCUT2D eigenvalue weighted by atomic mass is 10.1. The van der Waals surface area contributed by atoms with Gasteiger partial charge in [0, 0.05) is 24.9 Å². The molecule has 0 aliphatic heterocycles. The Hall–Kier alpha value is -2.04. The van der Waals surface area contributed by atoms with Crippen LogP contribution in [0.25, 0.3) is 0 Å². The van der Waals surface area contributed by atoms with E-state index in [-0.39, 0.29) is 11.3 Å². The first-order valence-corrected chi connectivity index (χ1v) is 4.31. The number of carbonyl (C=O) groups is 1. The molecule has 0 radical (unpaired) electrons. The van der Waals surface area contributed by atoms with E-state index in [0.29, 0.717) is 5.69 Å². The number of pyridine rings is 1. The number of imidazole rings is 1. The molecule has 5 heteroatoms. The Morgan fingerprint density at radius 2 is 2.33 bits per heavy atom. The Labute approximate surface area is 85.4 Å². The van der Waals surface area contributed by atoms with E-state index in [9.17, 15) is 9.18 Å². The normalized spacial score (nSPS) is 10.3. The van der Waals surface area contributed by atoms with Crippen molar-refractivity contribution < 1.29 is 9.18 Å². The third-order valence-corrected chi connectivity index (χ3v) is 2.04. The van der Waals surface area contributed by atoms with Crippen LogP contribution in [0.3, 0.4) is 0 Å². The summed E-state index contributed by atoms with van der Waals surface area (Å²) >= 11 is 0. The van der Waals surface area contributed by atoms with Crippen LogP contribution in [0, 0.1) is 5.95 Å². The maximum Gasteiger partial charge on any atom is 0.213 e. The second-order valence-corrected chi connectivity index (χ2v) is 3.09. The molecule has 0 unspecified atom stereocenters. The van der Waals surface area contributed by atoms with Gasteiger partial charge in [-0.2, -0.15) is 4.39 Å². The van der Waals surface area contributed by atoms with E-state index in [1.807, 2.05) is 0 Å². The number of hydrogen-bond acceptors (Lipinski definition) is 3. The fraction of sp³-hybridized carbons (Fsp3) is 0.100. The van der Waals surface area contributed by atoms with Crippen molar-refractivity contribution in [2.24, 2.45) is 7.05 Å². The first-order valence-electron chi connectivity index (χ1n) is 4.31. The summed E-state index contributed by atoms with van der Waals surface area (Å²) in [6, 6.07) is 2.58. The van der Waals surface area contributed by atoms with Crippen molar-refractivity contribution >= 4 is 5.78 Å². The molecule has 0 aliphatic carbocycles. The molecule has 2 aromatic heterocycles. The molecule has 0 aromatic carbocycles. The van der Waals surface area contributed by atoms with E-state index in [1.165, 1.54) is 24.8 Å². The largest absolute Gasteiger partial charge is 0.331 e. The van der Waals surface area contributed by atoms with Crippen LogP contribution < -0.4 is 0 Å². The van der Waals surface area contributed by atoms with Gasteiger partial charge in [-0.25, -0.2) is 9.97 Å². The van der Waals surface area contributed by atoms with Crippen LogP contribution in [0.15, 0.2) is 30.9 Å². The average Bonchev–Trinajstić information content (AvgIpc) is 2.63. The van der Waals surface area contributed by atoms with Crippen LogP contribution in [0.5, 0.6) is 0 Å². The van der Waals surface area contributed by atoms with Gasteiger partial charge in [-0.05, 0) is 6.07 Å². The maximum atomic E-state index is 12.8. The average molecular weight is 205 g/mol. The smallest absolute Gasteiger partial charge is 0.213 e. The van der Waals surface area contributed by atoms with Gasteiger partial charge in [-0.3, -0.25) is 4.79 Å². The molecule has 0 spiro atoms. The summed E-state index contributed by atoms with van der Waals surface area (Å²) in [5.74, 6) is -0.931. The van der Waals surface area contributed by atoms with Crippen LogP contribution in [0.2, 0.25) is 0 Å². The van der Waals surface area contributed by atoms with Crippen molar-refractivity contribution in [1.82, 2.24) is 14.5 Å². The van der Waals surface area contributed by atoms with Crippen molar-refractivity contribution in [3.05, 3.63) is 48.1 Å². The number of carbonyl (C=O) groups excluding carboxylic acids is 1. The van der Waals surface area contributed by atoms with Crippen molar-refractivity contribution in [2.45, 2.75) is 0 Å². The molecule has 0 saturated heterocycles. The molecule has 0 atom stereocenters. The van der Waals surface area contributed by atoms with Gasteiger partial charge in [-0.15, -0.1) is 0 Å². The predicted molar refractivity (Wildman–Crippen MR) is 50.8 cm³/mol. The van der Waals surface area contributed by atoms with Crippen molar-refractivity contribution in [3.8, 4) is 0 Å². The highest BCUT2D eigenvalue weighted by atomic mass is 19.1. The summed E-state index contributed by atoms with van der Waals surface area (Å²) in [6.45, 7) is 0. The van der Waals surface area contributed by atoms with E-state index in [4.69, 9.17) is 0 Å². The molecule has 0 saturated carbocycles. The number of hydrogen-bond donors (Lipinski definition) is 0. The van der Waals surface area contributed by atoms with Crippen LogP contribution >= 0.6 is 0 Å². The van der Waals surface area contributed by atoms with Crippen LogP contribution in [0.4, 0.5) is 4.39 Å². The Kier molecular flexibility index (Phi) is 2.29. The van der Waals surface area contributed by atoms with Crippen molar-refractivity contribution in [3.63, 3.8) is 0 Å². The summed E-state index contributed by atoms with van der Waals surface area (Å²) in [6.07, 6.45) is 4.23. The summed E-state index contributed by atoms with van der Waals surface area (Å²) < 4.78 is 14.4. The third-order valence-electron chi connectivity index (χ3n) is 2.04. The van der Waals surface area contributed by atoms with Gasteiger partial charge in [0.1, 0.15) is 5.69 Å². The summed E-state index contributed by atoms with van der Waals surface area (Å²) in [4.78, 5) is 19.0. The Bertz CT molecular complexity index is 507. The molecule has 76 valence electrons.